The Morgan fingerprint density at radius 3 is 2.89 bits per heavy atom. The number of aromatic nitrogens is 1. The lowest BCUT2D eigenvalue weighted by atomic mass is 9.97. The first-order chi connectivity index (χ1) is 9.08. The number of rotatable bonds is 4. The highest BCUT2D eigenvalue weighted by atomic mass is 79.9. The highest BCUT2D eigenvalue weighted by Gasteiger charge is 2.28. The third-order valence-corrected chi connectivity index (χ3v) is 3.92. The van der Waals surface area contributed by atoms with E-state index in [0.29, 0.717) is 18.7 Å². The van der Waals surface area contributed by atoms with Crippen molar-refractivity contribution in [2.75, 3.05) is 6.54 Å². The third-order valence-electron chi connectivity index (χ3n) is 3.46. The normalized spacial score (nSPS) is 19.4. The van der Waals surface area contributed by atoms with Crippen LogP contribution >= 0.6 is 15.9 Å². The number of nitrogens with one attached hydrogen (secondary N) is 1. The first kappa shape index (κ1) is 14.1. The fourth-order valence-electron chi connectivity index (χ4n) is 2.50. The minimum Gasteiger partial charge on any atom is -0.481 e. The molecule has 1 aliphatic rings. The van der Waals surface area contributed by atoms with Crippen molar-refractivity contribution in [3.8, 4) is 0 Å². The highest BCUT2D eigenvalue weighted by Crippen LogP contribution is 2.23. The molecule has 5 nitrogen and oxygen atoms in total. The monoisotopic (exact) mass is 328 g/mol. The second-order valence-electron chi connectivity index (χ2n) is 4.81. The Hall–Kier alpha value is -1.30. The van der Waals surface area contributed by atoms with Crippen LogP contribution in [0.3, 0.4) is 0 Å². The summed E-state index contributed by atoms with van der Waals surface area (Å²) < 4.78 is 0.843. The predicted octanol–water partition coefficient (Wildman–Crippen LogP) is 2.64. The number of halogens is 1. The Morgan fingerprint density at radius 2 is 2.26 bits per heavy atom. The Bertz CT molecular complexity index is 472. The maximum absolute atomic E-state index is 12.4. The summed E-state index contributed by atoms with van der Waals surface area (Å²) in [6.07, 6.45) is 5.30. The SMILES string of the molecule is O=C(O)CCC1CCCCN1C(=O)c1cc(Br)c[nH]1. The van der Waals surface area contributed by atoms with Gasteiger partial charge in [-0.2, -0.15) is 0 Å². The molecular weight excluding hydrogens is 312 g/mol. The molecule has 1 aromatic heterocycles. The number of carboxylic acid groups (broad SMARTS) is 1. The van der Waals surface area contributed by atoms with Gasteiger partial charge in [0.15, 0.2) is 0 Å². The number of likely N-dealkylation sites (tertiary alicyclic amines) is 1. The number of aliphatic carboxylic acids is 1. The van der Waals surface area contributed by atoms with Gasteiger partial charge in [-0.05, 0) is 47.7 Å². The van der Waals surface area contributed by atoms with Gasteiger partial charge < -0.3 is 15.0 Å². The summed E-state index contributed by atoms with van der Waals surface area (Å²) in [5, 5.41) is 8.77. The van der Waals surface area contributed by atoms with Crippen LogP contribution in [0, 0.1) is 0 Å². The van der Waals surface area contributed by atoms with E-state index in [-0.39, 0.29) is 18.4 Å². The number of carbonyl (C=O) groups is 2. The van der Waals surface area contributed by atoms with Crippen molar-refractivity contribution in [3.63, 3.8) is 0 Å². The van der Waals surface area contributed by atoms with E-state index in [0.717, 1.165) is 23.7 Å². The molecule has 2 rings (SSSR count). The lowest BCUT2D eigenvalue weighted by molar-refractivity contribution is -0.137. The zero-order chi connectivity index (χ0) is 13.8. The number of piperidine rings is 1. The van der Waals surface area contributed by atoms with E-state index in [4.69, 9.17) is 5.11 Å². The molecule has 1 atom stereocenters. The van der Waals surface area contributed by atoms with Crippen molar-refractivity contribution in [2.24, 2.45) is 0 Å². The number of aromatic amines is 1. The van der Waals surface area contributed by atoms with Crippen LogP contribution in [0.1, 0.15) is 42.6 Å². The first-order valence-corrected chi connectivity index (χ1v) is 7.24. The van der Waals surface area contributed by atoms with E-state index >= 15 is 0 Å². The van der Waals surface area contributed by atoms with Crippen molar-refractivity contribution in [1.82, 2.24) is 9.88 Å². The van der Waals surface area contributed by atoms with Crippen LogP contribution in [0.15, 0.2) is 16.7 Å². The molecule has 1 unspecified atom stereocenters. The van der Waals surface area contributed by atoms with Gasteiger partial charge in [-0.3, -0.25) is 9.59 Å². The Labute approximate surface area is 120 Å². The number of H-pyrrole nitrogens is 1. The van der Waals surface area contributed by atoms with Gasteiger partial charge in [0.2, 0.25) is 0 Å². The Kier molecular flexibility index (Phi) is 4.63. The maximum Gasteiger partial charge on any atom is 0.303 e. The summed E-state index contributed by atoms with van der Waals surface area (Å²) >= 11 is 3.31. The largest absolute Gasteiger partial charge is 0.481 e. The van der Waals surface area contributed by atoms with Gasteiger partial charge in [-0.1, -0.05) is 0 Å². The lowest BCUT2D eigenvalue weighted by Gasteiger charge is -2.35. The van der Waals surface area contributed by atoms with Gasteiger partial charge in [0.1, 0.15) is 5.69 Å². The van der Waals surface area contributed by atoms with Gasteiger partial charge in [-0.15, -0.1) is 0 Å². The van der Waals surface area contributed by atoms with E-state index in [1.165, 1.54) is 0 Å². The molecular formula is C13H17BrN2O3. The Morgan fingerprint density at radius 1 is 1.47 bits per heavy atom. The average molecular weight is 329 g/mol. The number of amides is 1. The van der Waals surface area contributed by atoms with Crippen LogP contribution in [0.25, 0.3) is 0 Å². The van der Waals surface area contributed by atoms with Crippen molar-refractivity contribution in [3.05, 3.63) is 22.4 Å². The van der Waals surface area contributed by atoms with E-state index in [1.54, 1.807) is 12.3 Å². The molecule has 6 heteroatoms. The smallest absolute Gasteiger partial charge is 0.303 e. The molecule has 1 saturated heterocycles. The molecule has 1 fully saturated rings. The molecule has 0 radical (unpaired) electrons. The zero-order valence-corrected chi connectivity index (χ0v) is 12.1. The van der Waals surface area contributed by atoms with Gasteiger partial charge in [0.05, 0.1) is 0 Å². The first-order valence-electron chi connectivity index (χ1n) is 6.44. The van der Waals surface area contributed by atoms with Crippen molar-refractivity contribution in [1.29, 1.82) is 0 Å². The van der Waals surface area contributed by atoms with Gasteiger partial charge in [-0.25, -0.2) is 0 Å². The average Bonchev–Trinajstić information content (AvgIpc) is 2.82. The quantitative estimate of drug-likeness (QED) is 0.892. The minimum absolute atomic E-state index is 0.0409. The van der Waals surface area contributed by atoms with Crippen LogP contribution in [0.4, 0.5) is 0 Å². The molecule has 1 aliphatic heterocycles. The molecule has 1 aromatic rings. The molecule has 2 N–H and O–H groups in total. The zero-order valence-electron chi connectivity index (χ0n) is 10.6. The van der Waals surface area contributed by atoms with Crippen LogP contribution in [-0.2, 0) is 4.79 Å². The molecule has 2 heterocycles. The summed E-state index contributed by atoms with van der Waals surface area (Å²) in [5.74, 6) is -0.846. The summed E-state index contributed by atoms with van der Waals surface area (Å²) in [5.41, 5.74) is 0.550. The van der Waals surface area contributed by atoms with Crippen LogP contribution < -0.4 is 0 Å². The topological polar surface area (TPSA) is 73.4 Å². The molecule has 0 saturated carbocycles. The fraction of sp³-hybridized carbons (Fsp3) is 0.538. The molecule has 0 spiro atoms. The molecule has 0 aromatic carbocycles. The summed E-state index contributed by atoms with van der Waals surface area (Å²) in [6.45, 7) is 0.708. The van der Waals surface area contributed by atoms with Gasteiger partial charge >= 0.3 is 5.97 Å². The van der Waals surface area contributed by atoms with Gasteiger partial charge in [0, 0.05) is 29.7 Å². The van der Waals surface area contributed by atoms with Crippen molar-refractivity contribution < 1.29 is 14.7 Å². The minimum atomic E-state index is -0.805. The summed E-state index contributed by atoms with van der Waals surface area (Å²) in [6, 6.07) is 1.80. The Balaban J connectivity index is 2.06. The van der Waals surface area contributed by atoms with Crippen molar-refractivity contribution >= 4 is 27.8 Å². The summed E-state index contributed by atoms with van der Waals surface area (Å²) in [4.78, 5) is 27.8. The number of carbonyl (C=O) groups excluding carboxylic acids is 1. The van der Waals surface area contributed by atoms with Crippen LogP contribution in [-0.4, -0.2) is 39.5 Å². The molecule has 0 bridgehead atoms. The van der Waals surface area contributed by atoms with Crippen LogP contribution in [0.5, 0.6) is 0 Å². The maximum atomic E-state index is 12.4. The third kappa shape index (κ3) is 3.59. The fourth-order valence-corrected chi connectivity index (χ4v) is 2.85. The van der Waals surface area contributed by atoms with Crippen LogP contribution in [0.2, 0.25) is 0 Å². The summed E-state index contributed by atoms with van der Waals surface area (Å²) in [7, 11) is 0. The lowest BCUT2D eigenvalue weighted by Crippen LogP contribution is -2.44. The van der Waals surface area contributed by atoms with Crippen molar-refractivity contribution in [2.45, 2.75) is 38.1 Å². The number of carboxylic acids is 1. The second-order valence-corrected chi connectivity index (χ2v) is 5.73. The van der Waals surface area contributed by atoms with E-state index in [9.17, 15) is 9.59 Å². The van der Waals surface area contributed by atoms with E-state index in [1.807, 2.05) is 4.90 Å². The molecule has 1 amide bonds. The van der Waals surface area contributed by atoms with E-state index in [2.05, 4.69) is 20.9 Å². The molecule has 19 heavy (non-hydrogen) atoms. The predicted molar refractivity (Wildman–Crippen MR) is 74.0 cm³/mol. The number of hydrogen-bond donors (Lipinski definition) is 2. The standard InChI is InChI=1S/C13H17BrN2O3/c14-9-7-11(15-8-9)13(19)16-6-2-1-3-10(16)4-5-12(17)18/h7-8,10,15H,1-6H2,(H,17,18). The molecule has 0 aliphatic carbocycles. The number of hydrogen-bond acceptors (Lipinski definition) is 2. The molecule has 104 valence electrons. The second kappa shape index (κ2) is 6.23. The highest BCUT2D eigenvalue weighted by molar-refractivity contribution is 9.10. The van der Waals surface area contributed by atoms with E-state index < -0.39 is 5.97 Å². The van der Waals surface area contributed by atoms with Gasteiger partial charge in [0.25, 0.3) is 5.91 Å². The number of nitrogens with zero attached hydrogens (tertiary/aromatic N) is 1.